The zero-order chi connectivity index (χ0) is 13.3. The van der Waals surface area contributed by atoms with Gasteiger partial charge in [0.25, 0.3) is 0 Å². The molecule has 0 aliphatic carbocycles. The number of nitrogens with one attached hydrogen (secondary N) is 2. The lowest BCUT2D eigenvalue weighted by Crippen LogP contribution is -2.42. The van der Waals surface area contributed by atoms with Gasteiger partial charge in [0.15, 0.2) is 0 Å². The molecule has 0 heterocycles. The van der Waals surface area contributed by atoms with Crippen molar-refractivity contribution in [3.8, 4) is 0 Å². The molecule has 100 valence electrons. The predicted octanol–water partition coefficient (Wildman–Crippen LogP) is -0.162. The van der Waals surface area contributed by atoms with Gasteiger partial charge in [-0.1, -0.05) is 13.8 Å². The minimum absolute atomic E-state index is 0.0762. The quantitative estimate of drug-likeness (QED) is 0.526. The minimum Gasteiger partial charge on any atom is -0.480 e. The van der Waals surface area contributed by atoms with Crippen LogP contribution in [0.3, 0.4) is 0 Å². The molecule has 0 radical (unpaired) electrons. The van der Waals surface area contributed by atoms with E-state index in [1.807, 2.05) is 13.8 Å². The van der Waals surface area contributed by atoms with E-state index in [1.165, 1.54) is 7.11 Å². The van der Waals surface area contributed by atoms with Crippen LogP contribution in [-0.2, 0) is 14.3 Å². The molecule has 3 N–H and O–H groups in total. The Hall–Kier alpha value is -1.14. The second kappa shape index (κ2) is 8.95. The van der Waals surface area contributed by atoms with Crippen LogP contribution in [0.25, 0.3) is 0 Å². The molecule has 0 aromatic carbocycles. The van der Waals surface area contributed by atoms with E-state index < -0.39 is 12.0 Å². The summed E-state index contributed by atoms with van der Waals surface area (Å²) in [4.78, 5) is 22.1. The molecular formula is C11H22N2O4. The number of hydrogen-bond acceptors (Lipinski definition) is 4. The van der Waals surface area contributed by atoms with Crippen molar-refractivity contribution < 1.29 is 19.4 Å². The monoisotopic (exact) mass is 246 g/mol. The highest BCUT2D eigenvalue weighted by Gasteiger charge is 2.16. The molecule has 0 aliphatic heterocycles. The van der Waals surface area contributed by atoms with Crippen LogP contribution in [-0.4, -0.2) is 49.8 Å². The summed E-state index contributed by atoms with van der Waals surface area (Å²) >= 11 is 0. The zero-order valence-electron chi connectivity index (χ0n) is 10.7. The fraction of sp³-hybridized carbons (Fsp3) is 0.818. The van der Waals surface area contributed by atoms with Gasteiger partial charge in [-0.3, -0.25) is 9.59 Å². The summed E-state index contributed by atoms with van der Waals surface area (Å²) in [5.74, 6) is -0.644. The van der Waals surface area contributed by atoms with Gasteiger partial charge in [-0.25, -0.2) is 0 Å². The molecule has 1 atom stereocenters. The predicted molar refractivity (Wildman–Crippen MR) is 63.8 cm³/mol. The van der Waals surface area contributed by atoms with Crippen LogP contribution < -0.4 is 10.6 Å². The maximum atomic E-state index is 11.3. The molecule has 0 saturated heterocycles. The van der Waals surface area contributed by atoms with E-state index in [1.54, 1.807) is 0 Å². The van der Waals surface area contributed by atoms with Crippen LogP contribution in [0.1, 0.15) is 20.3 Å². The first-order valence-electron chi connectivity index (χ1n) is 5.69. The van der Waals surface area contributed by atoms with Gasteiger partial charge in [-0.15, -0.1) is 0 Å². The van der Waals surface area contributed by atoms with E-state index in [4.69, 9.17) is 9.84 Å². The largest absolute Gasteiger partial charge is 0.480 e. The van der Waals surface area contributed by atoms with Crippen LogP contribution in [0, 0.1) is 5.92 Å². The highest BCUT2D eigenvalue weighted by Crippen LogP contribution is 1.89. The lowest BCUT2D eigenvalue weighted by molar-refractivity contribution is -0.141. The van der Waals surface area contributed by atoms with Crippen LogP contribution >= 0.6 is 0 Å². The third-order valence-corrected chi connectivity index (χ3v) is 2.08. The molecular weight excluding hydrogens is 224 g/mol. The van der Waals surface area contributed by atoms with Gasteiger partial charge in [0.2, 0.25) is 5.91 Å². The summed E-state index contributed by atoms with van der Waals surface area (Å²) in [5, 5.41) is 14.3. The number of hydrogen-bond donors (Lipinski definition) is 3. The molecule has 6 nitrogen and oxygen atoms in total. The molecule has 0 fully saturated rings. The van der Waals surface area contributed by atoms with E-state index in [-0.39, 0.29) is 18.9 Å². The number of methoxy groups -OCH3 is 1. The number of aliphatic carboxylic acids is 1. The number of carbonyl (C=O) groups excluding carboxylic acids is 1. The molecule has 1 unspecified atom stereocenters. The topological polar surface area (TPSA) is 87.7 Å². The maximum absolute atomic E-state index is 11.3. The zero-order valence-corrected chi connectivity index (χ0v) is 10.7. The number of rotatable bonds is 9. The van der Waals surface area contributed by atoms with Gasteiger partial charge in [-0.2, -0.15) is 0 Å². The first-order valence-corrected chi connectivity index (χ1v) is 5.69. The Morgan fingerprint density at radius 1 is 1.35 bits per heavy atom. The Bertz CT molecular complexity index is 244. The summed E-state index contributed by atoms with van der Waals surface area (Å²) in [5.41, 5.74) is 0. The van der Waals surface area contributed by atoms with Crippen molar-refractivity contribution in [3.05, 3.63) is 0 Å². The van der Waals surface area contributed by atoms with Gasteiger partial charge in [0.1, 0.15) is 6.04 Å². The number of amides is 1. The van der Waals surface area contributed by atoms with Gasteiger partial charge in [-0.05, 0) is 5.92 Å². The highest BCUT2D eigenvalue weighted by molar-refractivity contribution is 5.76. The Morgan fingerprint density at radius 3 is 2.47 bits per heavy atom. The van der Waals surface area contributed by atoms with Crippen molar-refractivity contribution in [2.75, 3.05) is 26.8 Å². The van der Waals surface area contributed by atoms with Crippen molar-refractivity contribution in [3.63, 3.8) is 0 Å². The smallest absolute Gasteiger partial charge is 0.323 e. The Labute approximate surface area is 102 Å². The highest BCUT2D eigenvalue weighted by atomic mass is 16.5. The SMILES string of the molecule is COCC(NCCC(=O)NCC(C)C)C(=O)O. The molecule has 0 spiro atoms. The van der Waals surface area contributed by atoms with Crippen molar-refractivity contribution in [2.24, 2.45) is 5.92 Å². The normalized spacial score (nSPS) is 12.5. The van der Waals surface area contributed by atoms with E-state index in [2.05, 4.69) is 10.6 Å². The molecule has 0 aromatic heterocycles. The summed E-state index contributed by atoms with van der Waals surface area (Å²) in [6.45, 7) is 5.07. The fourth-order valence-corrected chi connectivity index (χ4v) is 1.15. The first kappa shape index (κ1) is 15.9. The third-order valence-electron chi connectivity index (χ3n) is 2.08. The van der Waals surface area contributed by atoms with Gasteiger partial charge in [0.05, 0.1) is 6.61 Å². The second-order valence-corrected chi connectivity index (χ2v) is 4.25. The molecule has 0 saturated carbocycles. The summed E-state index contributed by atoms with van der Waals surface area (Å²) in [6, 6.07) is -0.766. The first-order chi connectivity index (χ1) is 7.97. The van der Waals surface area contributed by atoms with Crippen molar-refractivity contribution in [1.82, 2.24) is 10.6 Å². The molecule has 0 bridgehead atoms. The molecule has 0 rings (SSSR count). The lowest BCUT2D eigenvalue weighted by atomic mass is 10.2. The number of carboxylic acids is 1. The summed E-state index contributed by atoms with van der Waals surface area (Å²) in [7, 11) is 1.44. The van der Waals surface area contributed by atoms with E-state index in [9.17, 15) is 9.59 Å². The van der Waals surface area contributed by atoms with Gasteiger partial charge >= 0.3 is 5.97 Å². The van der Waals surface area contributed by atoms with E-state index in [0.717, 1.165) is 0 Å². The summed E-state index contributed by atoms with van der Waals surface area (Å²) < 4.78 is 4.76. The van der Waals surface area contributed by atoms with Crippen molar-refractivity contribution >= 4 is 11.9 Å². The molecule has 0 aliphatic rings. The standard InChI is InChI=1S/C11H22N2O4/c1-8(2)6-13-10(14)4-5-12-9(7-17-3)11(15)16/h8-9,12H,4-7H2,1-3H3,(H,13,14)(H,15,16). The van der Waals surface area contributed by atoms with Crippen molar-refractivity contribution in [1.29, 1.82) is 0 Å². The van der Waals surface area contributed by atoms with Crippen LogP contribution in [0.5, 0.6) is 0 Å². The minimum atomic E-state index is -0.977. The molecule has 0 aromatic rings. The van der Waals surface area contributed by atoms with Crippen LogP contribution in [0.4, 0.5) is 0 Å². The molecule has 17 heavy (non-hydrogen) atoms. The Morgan fingerprint density at radius 2 is 2.00 bits per heavy atom. The Balaban J connectivity index is 3.73. The van der Waals surface area contributed by atoms with Crippen LogP contribution in [0.15, 0.2) is 0 Å². The van der Waals surface area contributed by atoms with Gasteiger partial charge < -0.3 is 20.5 Å². The number of carbonyl (C=O) groups is 2. The Kier molecular flexibility index (Phi) is 8.35. The summed E-state index contributed by atoms with van der Waals surface area (Å²) in [6.07, 6.45) is 0.264. The average Bonchev–Trinajstić information content (AvgIpc) is 2.25. The second-order valence-electron chi connectivity index (χ2n) is 4.25. The third kappa shape index (κ3) is 8.65. The van der Waals surface area contributed by atoms with Crippen LogP contribution in [0.2, 0.25) is 0 Å². The lowest BCUT2D eigenvalue weighted by Gasteiger charge is -2.13. The van der Waals surface area contributed by atoms with Crippen molar-refractivity contribution in [2.45, 2.75) is 26.3 Å². The average molecular weight is 246 g/mol. The van der Waals surface area contributed by atoms with E-state index >= 15 is 0 Å². The maximum Gasteiger partial charge on any atom is 0.323 e. The molecule has 1 amide bonds. The van der Waals surface area contributed by atoms with E-state index in [0.29, 0.717) is 19.0 Å². The number of ether oxygens (including phenoxy) is 1. The molecule has 6 heteroatoms. The fourth-order valence-electron chi connectivity index (χ4n) is 1.15. The number of carboxylic acid groups (broad SMARTS) is 1. The van der Waals surface area contributed by atoms with Gasteiger partial charge in [0, 0.05) is 26.6 Å².